The number of ether oxygens (including phenoxy) is 1. The lowest BCUT2D eigenvalue weighted by Crippen LogP contribution is -2.20. The topological polar surface area (TPSA) is 67.0 Å². The number of carbonyl (C=O) groups excluding carboxylic acids is 1. The molecule has 2 aromatic carbocycles. The Balaban J connectivity index is 1.39. The summed E-state index contributed by atoms with van der Waals surface area (Å²) in [4.78, 5) is 20.1. The molecule has 6 heteroatoms. The van der Waals surface area contributed by atoms with Crippen molar-refractivity contribution in [3.8, 4) is 5.75 Å². The van der Waals surface area contributed by atoms with Crippen molar-refractivity contribution >= 4 is 34.2 Å². The van der Waals surface area contributed by atoms with Crippen molar-refractivity contribution in [1.29, 1.82) is 0 Å². The van der Waals surface area contributed by atoms with Crippen LogP contribution in [0.4, 0.5) is 5.69 Å². The maximum Gasteiger partial charge on any atom is 0.262 e. The number of aromatic nitrogens is 2. The number of nitrogens with one attached hydrogen (secondary N) is 2. The predicted molar refractivity (Wildman–Crippen MR) is 98.3 cm³/mol. The van der Waals surface area contributed by atoms with E-state index in [0.29, 0.717) is 16.7 Å². The van der Waals surface area contributed by atoms with E-state index >= 15 is 0 Å². The Labute approximate surface area is 150 Å². The molecule has 1 aromatic heterocycles. The van der Waals surface area contributed by atoms with Crippen LogP contribution in [0.15, 0.2) is 42.5 Å². The Morgan fingerprint density at radius 2 is 2.04 bits per heavy atom. The molecule has 2 N–H and O–H groups in total. The summed E-state index contributed by atoms with van der Waals surface area (Å²) in [7, 11) is 0. The lowest BCUT2D eigenvalue weighted by Gasteiger charge is -2.22. The molecular weight excluding hydrogens is 338 g/mol. The van der Waals surface area contributed by atoms with Gasteiger partial charge in [-0.05, 0) is 55.3 Å². The summed E-state index contributed by atoms with van der Waals surface area (Å²) in [6.45, 7) is -0.0596. The minimum Gasteiger partial charge on any atom is -0.484 e. The zero-order valence-corrected chi connectivity index (χ0v) is 14.3. The zero-order chi connectivity index (χ0) is 17.2. The molecule has 0 saturated heterocycles. The third-order valence-corrected chi connectivity index (χ3v) is 4.71. The van der Waals surface area contributed by atoms with Crippen molar-refractivity contribution in [2.75, 3.05) is 11.9 Å². The van der Waals surface area contributed by atoms with Gasteiger partial charge in [0.1, 0.15) is 11.6 Å². The maximum atomic E-state index is 12.1. The Bertz CT molecular complexity index is 901. The van der Waals surface area contributed by atoms with Gasteiger partial charge in [0, 0.05) is 16.6 Å². The first-order valence-electron chi connectivity index (χ1n) is 8.35. The van der Waals surface area contributed by atoms with Gasteiger partial charge in [-0.25, -0.2) is 4.98 Å². The third kappa shape index (κ3) is 3.61. The minimum atomic E-state index is -0.215. The van der Waals surface area contributed by atoms with E-state index in [-0.39, 0.29) is 12.5 Å². The van der Waals surface area contributed by atoms with Crippen molar-refractivity contribution < 1.29 is 9.53 Å². The number of halogens is 1. The normalized spacial score (nSPS) is 14.3. The van der Waals surface area contributed by atoms with E-state index in [0.717, 1.165) is 22.5 Å². The highest BCUT2D eigenvalue weighted by molar-refractivity contribution is 6.30. The fourth-order valence-corrected chi connectivity index (χ4v) is 2.98. The predicted octanol–water partition coefficient (Wildman–Crippen LogP) is 4.50. The quantitative estimate of drug-likeness (QED) is 0.708. The van der Waals surface area contributed by atoms with Crippen LogP contribution in [-0.2, 0) is 4.79 Å². The Morgan fingerprint density at radius 1 is 1.24 bits per heavy atom. The highest BCUT2D eigenvalue weighted by Crippen LogP contribution is 2.35. The van der Waals surface area contributed by atoms with Gasteiger partial charge < -0.3 is 15.0 Å². The van der Waals surface area contributed by atoms with Gasteiger partial charge in [0.2, 0.25) is 0 Å². The number of imidazole rings is 1. The van der Waals surface area contributed by atoms with E-state index in [9.17, 15) is 4.79 Å². The van der Waals surface area contributed by atoms with E-state index in [1.54, 1.807) is 24.3 Å². The number of amides is 1. The molecule has 4 rings (SSSR count). The molecule has 1 aliphatic rings. The molecule has 0 aliphatic heterocycles. The summed E-state index contributed by atoms with van der Waals surface area (Å²) >= 11 is 5.82. The molecule has 1 fully saturated rings. The standard InChI is InChI=1S/C19H18ClN3O2/c20-13-4-7-15(8-5-13)25-11-18(24)21-14-6-9-16-17(10-14)23-19(22-16)12-2-1-3-12/h4-10,12H,1-3,11H2,(H,21,24)(H,22,23). The summed E-state index contributed by atoms with van der Waals surface area (Å²) in [6, 6.07) is 12.6. The van der Waals surface area contributed by atoms with Gasteiger partial charge in [-0.1, -0.05) is 18.0 Å². The molecule has 1 aliphatic carbocycles. The van der Waals surface area contributed by atoms with Crippen LogP contribution in [0.25, 0.3) is 11.0 Å². The van der Waals surface area contributed by atoms with Crippen LogP contribution in [0.3, 0.4) is 0 Å². The number of aromatic amines is 1. The molecule has 0 unspecified atom stereocenters. The smallest absolute Gasteiger partial charge is 0.262 e. The van der Waals surface area contributed by atoms with E-state index in [1.807, 2.05) is 18.2 Å². The van der Waals surface area contributed by atoms with Gasteiger partial charge >= 0.3 is 0 Å². The fraction of sp³-hybridized carbons (Fsp3) is 0.263. The first-order chi connectivity index (χ1) is 12.2. The second kappa shape index (κ2) is 6.76. The second-order valence-corrected chi connectivity index (χ2v) is 6.71. The number of carbonyl (C=O) groups is 1. The van der Waals surface area contributed by atoms with Crippen LogP contribution < -0.4 is 10.1 Å². The van der Waals surface area contributed by atoms with Crippen molar-refractivity contribution in [2.24, 2.45) is 0 Å². The molecule has 1 heterocycles. The first kappa shape index (κ1) is 16.0. The minimum absolute atomic E-state index is 0.0596. The number of H-pyrrole nitrogens is 1. The molecule has 128 valence electrons. The SMILES string of the molecule is O=C(COc1ccc(Cl)cc1)Nc1ccc2nc(C3CCC3)[nH]c2c1. The first-order valence-corrected chi connectivity index (χ1v) is 8.73. The van der Waals surface area contributed by atoms with E-state index < -0.39 is 0 Å². The van der Waals surface area contributed by atoms with E-state index in [1.165, 1.54) is 19.3 Å². The van der Waals surface area contributed by atoms with Gasteiger partial charge in [0.05, 0.1) is 11.0 Å². The molecule has 0 bridgehead atoms. The van der Waals surface area contributed by atoms with Gasteiger partial charge in [-0.2, -0.15) is 0 Å². The Kier molecular flexibility index (Phi) is 4.32. The molecule has 0 radical (unpaired) electrons. The van der Waals surface area contributed by atoms with Gasteiger partial charge in [-0.15, -0.1) is 0 Å². The van der Waals surface area contributed by atoms with Crippen LogP contribution in [0.5, 0.6) is 5.75 Å². The monoisotopic (exact) mass is 355 g/mol. The summed E-state index contributed by atoms with van der Waals surface area (Å²) in [5.41, 5.74) is 2.59. The number of hydrogen-bond donors (Lipinski definition) is 2. The maximum absolute atomic E-state index is 12.1. The number of rotatable bonds is 5. The molecule has 3 aromatic rings. The summed E-state index contributed by atoms with van der Waals surface area (Å²) < 4.78 is 5.45. The van der Waals surface area contributed by atoms with Crippen LogP contribution in [-0.4, -0.2) is 22.5 Å². The molecule has 25 heavy (non-hydrogen) atoms. The van der Waals surface area contributed by atoms with Crippen LogP contribution >= 0.6 is 11.6 Å². The zero-order valence-electron chi connectivity index (χ0n) is 13.6. The average Bonchev–Trinajstić information content (AvgIpc) is 2.95. The Hall–Kier alpha value is -2.53. The molecule has 0 spiro atoms. The van der Waals surface area contributed by atoms with Crippen molar-refractivity contribution in [3.05, 3.63) is 53.3 Å². The highest BCUT2D eigenvalue weighted by atomic mass is 35.5. The highest BCUT2D eigenvalue weighted by Gasteiger charge is 2.22. The number of fused-ring (bicyclic) bond motifs is 1. The Morgan fingerprint density at radius 3 is 2.76 bits per heavy atom. The van der Waals surface area contributed by atoms with Gasteiger partial charge in [0.25, 0.3) is 5.91 Å². The summed E-state index contributed by atoms with van der Waals surface area (Å²) in [5, 5.41) is 3.47. The van der Waals surface area contributed by atoms with Crippen LogP contribution in [0.2, 0.25) is 5.02 Å². The molecule has 5 nitrogen and oxygen atoms in total. The lowest BCUT2D eigenvalue weighted by atomic mass is 9.85. The molecule has 0 atom stereocenters. The van der Waals surface area contributed by atoms with Crippen LogP contribution in [0, 0.1) is 0 Å². The fourth-order valence-electron chi connectivity index (χ4n) is 2.86. The summed E-state index contributed by atoms with van der Waals surface area (Å²) in [5.74, 6) is 2.00. The third-order valence-electron chi connectivity index (χ3n) is 4.46. The van der Waals surface area contributed by atoms with Gasteiger partial charge in [-0.3, -0.25) is 4.79 Å². The number of benzene rings is 2. The molecule has 1 amide bonds. The van der Waals surface area contributed by atoms with Crippen molar-refractivity contribution in [3.63, 3.8) is 0 Å². The lowest BCUT2D eigenvalue weighted by molar-refractivity contribution is -0.118. The molecule has 1 saturated carbocycles. The van der Waals surface area contributed by atoms with Gasteiger partial charge in [0.15, 0.2) is 6.61 Å². The largest absolute Gasteiger partial charge is 0.484 e. The van der Waals surface area contributed by atoms with E-state index in [4.69, 9.17) is 16.3 Å². The van der Waals surface area contributed by atoms with Crippen LogP contribution in [0.1, 0.15) is 31.0 Å². The average molecular weight is 356 g/mol. The summed E-state index contributed by atoms with van der Waals surface area (Å²) in [6.07, 6.45) is 3.67. The number of anilines is 1. The van der Waals surface area contributed by atoms with Crippen molar-refractivity contribution in [2.45, 2.75) is 25.2 Å². The van der Waals surface area contributed by atoms with Crippen molar-refractivity contribution in [1.82, 2.24) is 9.97 Å². The van der Waals surface area contributed by atoms with E-state index in [2.05, 4.69) is 15.3 Å². The second-order valence-electron chi connectivity index (χ2n) is 6.27. The molecular formula is C19H18ClN3O2. The number of nitrogens with zero attached hydrogens (tertiary/aromatic N) is 1. The number of hydrogen-bond acceptors (Lipinski definition) is 3.